The second-order valence-electron chi connectivity index (χ2n) is 5.79. The molecule has 1 N–H and O–H groups in total. The minimum atomic E-state index is 0.0821. The van der Waals surface area contributed by atoms with Gasteiger partial charge < -0.3 is 10.1 Å². The number of aromatic nitrogens is 2. The Kier molecular flexibility index (Phi) is 6.25. The van der Waals surface area contributed by atoms with E-state index in [1.165, 1.54) is 5.56 Å². The Hall–Kier alpha value is -1.13. The van der Waals surface area contributed by atoms with Crippen LogP contribution in [0.1, 0.15) is 38.4 Å². The summed E-state index contributed by atoms with van der Waals surface area (Å²) in [5, 5.41) is 7.96. The van der Waals surface area contributed by atoms with Crippen LogP contribution < -0.4 is 5.32 Å². The summed E-state index contributed by atoms with van der Waals surface area (Å²) in [6.07, 6.45) is 4.88. The summed E-state index contributed by atoms with van der Waals surface area (Å²) in [4.78, 5) is 0. The molecule has 4 heteroatoms. The Labute approximate surface area is 116 Å². The largest absolute Gasteiger partial charge is 0.380 e. The summed E-state index contributed by atoms with van der Waals surface area (Å²) in [6.45, 7) is 13.4. The van der Waals surface area contributed by atoms with Gasteiger partial charge in [0, 0.05) is 37.3 Å². The second-order valence-corrected chi connectivity index (χ2v) is 5.79. The summed E-state index contributed by atoms with van der Waals surface area (Å²) in [5.74, 6) is 0. The zero-order chi connectivity index (χ0) is 14.3. The van der Waals surface area contributed by atoms with Crippen molar-refractivity contribution in [3.05, 3.63) is 30.1 Å². The first-order valence-electron chi connectivity index (χ1n) is 6.87. The molecule has 0 aliphatic carbocycles. The molecular formula is C15H27N3O. The van der Waals surface area contributed by atoms with Crippen molar-refractivity contribution in [3.63, 3.8) is 0 Å². The Morgan fingerprint density at radius 2 is 2.16 bits per heavy atom. The summed E-state index contributed by atoms with van der Waals surface area (Å²) < 4.78 is 7.35. The summed E-state index contributed by atoms with van der Waals surface area (Å²) in [5.41, 5.74) is 2.51. The van der Waals surface area contributed by atoms with Gasteiger partial charge in [0.1, 0.15) is 0 Å². The van der Waals surface area contributed by atoms with Gasteiger partial charge in [0.05, 0.1) is 18.9 Å². The number of rotatable bonds is 8. The van der Waals surface area contributed by atoms with E-state index in [1.807, 2.05) is 17.8 Å². The van der Waals surface area contributed by atoms with Crippen molar-refractivity contribution in [2.75, 3.05) is 19.8 Å². The highest BCUT2D eigenvalue weighted by Crippen LogP contribution is 2.23. The number of hydrogen-bond acceptors (Lipinski definition) is 3. The van der Waals surface area contributed by atoms with Crippen molar-refractivity contribution in [3.8, 4) is 0 Å². The predicted octanol–water partition coefficient (Wildman–Crippen LogP) is 2.40. The number of aryl methyl sites for hydroxylation is 1. The minimum Gasteiger partial charge on any atom is -0.380 e. The van der Waals surface area contributed by atoms with E-state index >= 15 is 0 Å². The molecule has 0 aliphatic heterocycles. The van der Waals surface area contributed by atoms with Crippen molar-refractivity contribution in [2.45, 2.75) is 39.2 Å². The lowest BCUT2D eigenvalue weighted by molar-refractivity contribution is 0.140. The fourth-order valence-corrected chi connectivity index (χ4v) is 1.93. The zero-order valence-electron chi connectivity index (χ0n) is 12.7. The van der Waals surface area contributed by atoms with Crippen LogP contribution in [0, 0.1) is 0 Å². The molecular weight excluding hydrogens is 238 g/mol. The van der Waals surface area contributed by atoms with Crippen molar-refractivity contribution >= 4 is 0 Å². The Bertz CT molecular complexity index is 391. The molecule has 108 valence electrons. The lowest BCUT2D eigenvalue weighted by Gasteiger charge is -2.17. The summed E-state index contributed by atoms with van der Waals surface area (Å²) in [6, 6.07) is 0. The first kappa shape index (κ1) is 15.9. The highest BCUT2D eigenvalue weighted by Gasteiger charge is 2.21. The standard InChI is InChI=1S/C15H27N3O/c1-6-7-9-19-10-8-16-11-13-12-18(5)17-14(13)15(2,3)4/h6,12,16H,1,7-11H2,2-5H3. The van der Waals surface area contributed by atoms with Crippen molar-refractivity contribution in [1.82, 2.24) is 15.1 Å². The normalized spacial score (nSPS) is 11.8. The lowest BCUT2D eigenvalue weighted by atomic mass is 9.89. The number of hydrogen-bond donors (Lipinski definition) is 1. The summed E-state index contributed by atoms with van der Waals surface area (Å²) in [7, 11) is 1.97. The molecule has 0 radical (unpaired) electrons. The molecule has 0 fully saturated rings. The zero-order valence-corrected chi connectivity index (χ0v) is 12.7. The van der Waals surface area contributed by atoms with Crippen LogP contribution in [0.25, 0.3) is 0 Å². The molecule has 4 nitrogen and oxygen atoms in total. The SMILES string of the molecule is C=CCCOCCNCc1cn(C)nc1C(C)(C)C. The Balaban J connectivity index is 2.35. The first-order chi connectivity index (χ1) is 8.95. The van der Waals surface area contributed by atoms with Crippen LogP contribution in [0.3, 0.4) is 0 Å². The average molecular weight is 265 g/mol. The second kappa shape index (κ2) is 7.46. The molecule has 19 heavy (non-hydrogen) atoms. The van der Waals surface area contributed by atoms with Gasteiger partial charge in [-0.3, -0.25) is 4.68 Å². The molecule has 0 unspecified atom stereocenters. The molecule has 0 bridgehead atoms. The molecule has 1 aromatic rings. The molecule has 0 saturated carbocycles. The average Bonchev–Trinajstić information content (AvgIpc) is 2.69. The van der Waals surface area contributed by atoms with E-state index in [-0.39, 0.29) is 5.41 Å². The maximum atomic E-state index is 5.46. The van der Waals surface area contributed by atoms with Gasteiger partial charge >= 0.3 is 0 Å². The third-order valence-electron chi connectivity index (χ3n) is 2.82. The quantitative estimate of drug-likeness (QED) is 0.579. The van der Waals surface area contributed by atoms with E-state index in [4.69, 9.17) is 4.74 Å². The van der Waals surface area contributed by atoms with E-state index < -0.39 is 0 Å². The Morgan fingerprint density at radius 3 is 2.79 bits per heavy atom. The van der Waals surface area contributed by atoms with E-state index in [1.54, 1.807) is 0 Å². The fraction of sp³-hybridized carbons (Fsp3) is 0.667. The van der Waals surface area contributed by atoms with Gasteiger partial charge in [0.2, 0.25) is 0 Å². The first-order valence-corrected chi connectivity index (χ1v) is 6.87. The van der Waals surface area contributed by atoms with Crippen LogP contribution >= 0.6 is 0 Å². The van der Waals surface area contributed by atoms with Crippen molar-refractivity contribution < 1.29 is 4.74 Å². The van der Waals surface area contributed by atoms with E-state index in [9.17, 15) is 0 Å². The topological polar surface area (TPSA) is 39.1 Å². The third kappa shape index (κ3) is 5.57. The van der Waals surface area contributed by atoms with E-state index in [0.29, 0.717) is 0 Å². The molecule has 0 atom stereocenters. The van der Waals surface area contributed by atoms with Gasteiger partial charge in [-0.05, 0) is 6.42 Å². The highest BCUT2D eigenvalue weighted by molar-refractivity contribution is 5.23. The lowest BCUT2D eigenvalue weighted by Crippen LogP contribution is -2.22. The van der Waals surface area contributed by atoms with Crippen LogP contribution in [0.4, 0.5) is 0 Å². The van der Waals surface area contributed by atoms with Crippen LogP contribution in [-0.4, -0.2) is 29.5 Å². The number of nitrogens with zero attached hydrogens (tertiary/aromatic N) is 2. The molecule has 1 heterocycles. The van der Waals surface area contributed by atoms with Crippen LogP contribution in [0.15, 0.2) is 18.9 Å². The monoisotopic (exact) mass is 265 g/mol. The van der Waals surface area contributed by atoms with Crippen LogP contribution in [0.2, 0.25) is 0 Å². The van der Waals surface area contributed by atoms with Gasteiger partial charge in [-0.25, -0.2) is 0 Å². The predicted molar refractivity (Wildman–Crippen MR) is 79.2 cm³/mol. The smallest absolute Gasteiger partial charge is 0.0722 e. The highest BCUT2D eigenvalue weighted by atomic mass is 16.5. The molecule has 0 saturated heterocycles. The molecule has 1 rings (SSSR count). The van der Waals surface area contributed by atoms with Gasteiger partial charge in [-0.15, -0.1) is 6.58 Å². The molecule has 0 amide bonds. The van der Waals surface area contributed by atoms with Gasteiger partial charge in [-0.1, -0.05) is 26.8 Å². The van der Waals surface area contributed by atoms with Crippen molar-refractivity contribution in [1.29, 1.82) is 0 Å². The number of ether oxygens (including phenoxy) is 1. The molecule has 1 aromatic heterocycles. The molecule has 0 spiro atoms. The van der Waals surface area contributed by atoms with Gasteiger partial charge in [0.25, 0.3) is 0 Å². The maximum Gasteiger partial charge on any atom is 0.0722 e. The van der Waals surface area contributed by atoms with E-state index in [0.717, 1.165) is 38.4 Å². The van der Waals surface area contributed by atoms with Gasteiger partial charge in [0.15, 0.2) is 0 Å². The van der Waals surface area contributed by atoms with Crippen LogP contribution in [0.5, 0.6) is 0 Å². The number of nitrogens with one attached hydrogen (secondary N) is 1. The fourth-order valence-electron chi connectivity index (χ4n) is 1.93. The van der Waals surface area contributed by atoms with E-state index in [2.05, 4.69) is 44.0 Å². The van der Waals surface area contributed by atoms with Gasteiger partial charge in [-0.2, -0.15) is 5.10 Å². The van der Waals surface area contributed by atoms with Crippen LogP contribution in [-0.2, 0) is 23.7 Å². The summed E-state index contributed by atoms with van der Waals surface area (Å²) >= 11 is 0. The third-order valence-corrected chi connectivity index (χ3v) is 2.82. The van der Waals surface area contributed by atoms with Crippen molar-refractivity contribution in [2.24, 2.45) is 7.05 Å². The minimum absolute atomic E-state index is 0.0821. The molecule has 0 aromatic carbocycles. The maximum absolute atomic E-state index is 5.46. The molecule has 0 aliphatic rings. The Morgan fingerprint density at radius 1 is 1.42 bits per heavy atom.